The lowest BCUT2D eigenvalue weighted by Crippen LogP contribution is -2.28. The summed E-state index contributed by atoms with van der Waals surface area (Å²) >= 11 is 12.1. The second kappa shape index (κ2) is 7.68. The topological polar surface area (TPSA) is 12.0 Å². The minimum atomic E-state index is 0.535. The highest BCUT2D eigenvalue weighted by atomic mass is 35.5. The van der Waals surface area contributed by atoms with E-state index in [0.29, 0.717) is 15.5 Å². The number of rotatable bonds is 6. The fourth-order valence-corrected chi connectivity index (χ4v) is 3.74. The van der Waals surface area contributed by atoms with Gasteiger partial charge in [-0.2, -0.15) is 0 Å². The van der Waals surface area contributed by atoms with Gasteiger partial charge in [-0.25, -0.2) is 0 Å². The third-order valence-electron chi connectivity index (χ3n) is 4.75. The second-order valence-electron chi connectivity index (χ2n) is 6.16. The average molecular weight is 314 g/mol. The maximum Gasteiger partial charge on any atom is 0.0595 e. The zero-order valence-electron chi connectivity index (χ0n) is 12.4. The first-order valence-corrected chi connectivity index (χ1v) is 8.49. The summed E-state index contributed by atoms with van der Waals surface area (Å²) in [6.45, 7) is 1.13. The van der Waals surface area contributed by atoms with Crippen LogP contribution < -0.4 is 5.32 Å². The minimum absolute atomic E-state index is 0.535. The van der Waals surface area contributed by atoms with Gasteiger partial charge in [-0.05, 0) is 68.8 Å². The molecular weight excluding hydrogens is 289 g/mol. The highest BCUT2D eigenvalue weighted by molar-refractivity contribution is 6.42. The van der Waals surface area contributed by atoms with Crippen molar-refractivity contribution in [1.29, 1.82) is 0 Å². The van der Waals surface area contributed by atoms with Gasteiger partial charge in [0.2, 0.25) is 0 Å². The first-order valence-electron chi connectivity index (χ1n) is 7.74. The minimum Gasteiger partial charge on any atom is -0.320 e. The van der Waals surface area contributed by atoms with Crippen molar-refractivity contribution in [3.05, 3.63) is 33.8 Å². The average Bonchev–Trinajstić information content (AvgIpc) is 2.48. The van der Waals surface area contributed by atoms with Gasteiger partial charge < -0.3 is 5.32 Å². The SMILES string of the molecule is CNCCC1(CCc2ccc(Cl)c(Cl)c2)CCCCC1. The Labute approximate surface area is 133 Å². The Morgan fingerprint density at radius 3 is 2.45 bits per heavy atom. The molecule has 1 N–H and O–H groups in total. The third kappa shape index (κ3) is 4.38. The Bertz CT molecular complexity index is 425. The second-order valence-corrected chi connectivity index (χ2v) is 6.98. The Hall–Kier alpha value is -0.240. The van der Waals surface area contributed by atoms with Crippen LogP contribution in [0.15, 0.2) is 18.2 Å². The molecule has 0 saturated heterocycles. The van der Waals surface area contributed by atoms with Crippen molar-refractivity contribution in [3.8, 4) is 0 Å². The predicted molar refractivity (Wildman–Crippen MR) is 88.8 cm³/mol. The van der Waals surface area contributed by atoms with E-state index in [1.807, 2.05) is 12.1 Å². The molecule has 0 amide bonds. The monoisotopic (exact) mass is 313 g/mol. The molecule has 3 heteroatoms. The van der Waals surface area contributed by atoms with Crippen LogP contribution in [0.5, 0.6) is 0 Å². The molecule has 0 aliphatic heterocycles. The number of nitrogens with one attached hydrogen (secondary N) is 1. The summed E-state index contributed by atoms with van der Waals surface area (Å²) in [6.07, 6.45) is 10.6. The molecule has 1 fully saturated rings. The molecule has 0 bridgehead atoms. The fourth-order valence-electron chi connectivity index (χ4n) is 3.42. The van der Waals surface area contributed by atoms with Gasteiger partial charge in [0.15, 0.2) is 0 Å². The number of aryl methyl sites for hydroxylation is 1. The largest absolute Gasteiger partial charge is 0.320 e. The zero-order valence-corrected chi connectivity index (χ0v) is 13.9. The lowest BCUT2D eigenvalue weighted by atomic mass is 9.68. The molecule has 0 unspecified atom stereocenters. The molecule has 0 spiro atoms. The molecule has 0 radical (unpaired) electrons. The standard InChI is InChI=1S/C17H25Cl2N/c1-20-12-11-17(8-3-2-4-9-17)10-7-14-5-6-15(18)16(19)13-14/h5-6,13,20H,2-4,7-12H2,1H3. The Morgan fingerprint density at radius 2 is 1.80 bits per heavy atom. The van der Waals surface area contributed by atoms with E-state index < -0.39 is 0 Å². The molecule has 0 atom stereocenters. The molecule has 0 heterocycles. The molecule has 1 saturated carbocycles. The molecule has 0 aromatic heterocycles. The van der Waals surface area contributed by atoms with Crippen molar-refractivity contribution in [1.82, 2.24) is 5.32 Å². The van der Waals surface area contributed by atoms with Crippen molar-refractivity contribution < 1.29 is 0 Å². The quantitative estimate of drug-likeness (QED) is 0.732. The van der Waals surface area contributed by atoms with Gasteiger partial charge in [-0.1, -0.05) is 48.5 Å². The summed E-state index contributed by atoms with van der Waals surface area (Å²) in [5, 5.41) is 4.64. The fraction of sp³-hybridized carbons (Fsp3) is 0.647. The number of hydrogen-bond donors (Lipinski definition) is 1. The van der Waals surface area contributed by atoms with Crippen LogP contribution in [0.2, 0.25) is 10.0 Å². The third-order valence-corrected chi connectivity index (χ3v) is 5.49. The summed E-state index contributed by atoms with van der Waals surface area (Å²) in [4.78, 5) is 0. The normalized spacial score (nSPS) is 18.1. The van der Waals surface area contributed by atoms with Crippen molar-refractivity contribution >= 4 is 23.2 Å². The summed E-state index contributed by atoms with van der Waals surface area (Å²) < 4.78 is 0. The van der Waals surface area contributed by atoms with Crippen LogP contribution >= 0.6 is 23.2 Å². The van der Waals surface area contributed by atoms with E-state index in [-0.39, 0.29) is 0 Å². The van der Waals surface area contributed by atoms with Crippen LogP contribution in [-0.2, 0) is 6.42 Å². The van der Waals surface area contributed by atoms with Crippen LogP contribution in [0, 0.1) is 5.41 Å². The van der Waals surface area contributed by atoms with Crippen LogP contribution in [-0.4, -0.2) is 13.6 Å². The molecular formula is C17H25Cl2N. The summed E-state index contributed by atoms with van der Waals surface area (Å²) in [7, 11) is 2.05. The molecule has 1 aliphatic carbocycles. The lowest BCUT2D eigenvalue weighted by Gasteiger charge is -2.38. The van der Waals surface area contributed by atoms with E-state index in [1.165, 1.54) is 50.5 Å². The highest BCUT2D eigenvalue weighted by Crippen LogP contribution is 2.43. The predicted octanol–water partition coefficient (Wildman–Crippen LogP) is 5.49. The van der Waals surface area contributed by atoms with Gasteiger partial charge in [-0.3, -0.25) is 0 Å². The maximum absolute atomic E-state index is 6.11. The van der Waals surface area contributed by atoms with Crippen LogP contribution in [0.4, 0.5) is 0 Å². The van der Waals surface area contributed by atoms with Gasteiger partial charge in [0.05, 0.1) is 10.0 Å². The molecule has 2 rings (SSSR count). The van der Waals surface area contributed by atoms with E-state index >= 15 is 0 Å². The van der Waals surface area contributed by atoms with E-state index in [2.05, 4.69) is 18.4 Å². The van der Waals surface area contributed by atoms with Crippen LogP contribution in [0.25, 0.3) is 0 Å². The summed E-state index contributed by atoms with van der Waals surface area (Å²) in [6, 6.07) is 6.06. The zero-order chi connectivity index (χ0) is 14.4. The smallest absolute Gasteiger partial charge is 0.0595 e. The van der Waals surface area contributed by atoms with Gasteiger partial charge in [-0.15, -0.1) is 0 Å². The van der Waals surface area contributed by atoms with E-state index in [1.54, 1.807) is 0 Å². The van der Waals surface area contributed by atoms with E-state index in [0.717, 1.165) is 13.0 Å². The van der Waals surface area contributed by atoms with Gasteiger partial charge in [0, 0.05) is 0 Å². The van der Waals surface area contributed by atoms with Gasteiger partial charge >= 0.3 is 0 Å². The summed E-state index contributed by atoms with van der Waals surface area (Å²) in [5.74, 6) is 0. The Balaban J connectivity index is 1.98. The van der Waals surface area contributed by atoms with Gasteiger partial charge in [0.1, 0.15) is 0 Å². The molecule has 1 aromatic rings. The van der Waals surface area contributed by atoms with Crippen LogP contribution in [0.1, 0.15) is 50.5 Å². The molecule has 20 heavy (non-hydrogen) atoms. The number of halogens is 2. The molecule has 1 aromatic carbocycles. The van der Waals surface area contributed by atoms with Crippen molar-refractivity contribution in [2.45, 2.75) is 51.4 Å². The summed E-state index contributed by atoms with van der Waals surface area (Å²) in [5.41, 5.74) is 1.85. The maximum atomic E-state index is 6.11. The Morgan fingerprint density at radius 1 is 1.05 bits per heavy atom. The van der Waals surface area contributed by atoms with Crippen molar-refractivity contribution in [2.24, 2.45) is 5.41 Å². The lowest BCUT2D eigenvalue weighted by molar-refractivity contribution is 0.157. The van der Waals surface area contributed by atoms with Gasteiger partial charge in [0.25, 0.3) is 0 Å². The molecule has 1 nitrogen and oxygen atoms in total. The first kappa shape index (κ1) is 16.1. The van der Waals surface area contributed by atoms with E-state index in [9.17, 15) is 0 Å². The number of benzene rings is 1. The van der Waals surface area contributed by atoms with Crippen molar-refractivity contribution in [3.63, 3.8) is 0 Å². The van der Waals surface area contributed by atoms with E-state index in [4.69, 9.17) is 23.2 Å². The van der Waals surface area contributed by atoms with Crippen molar-refractivity contribution in [2.75, 3.05) is 13.6 Å². The first-order chi connectivity index (χ1) is 9.65. The van der Waals surface area contributed by atoms with Crippen LogP contribution in [0.3, 0.4) is 0 Å². The molecule has 112 valence electrons. The number of hydrogen-bond acceptors (Lipinski definition) is 1. The highest BCUT2D eigenvalue weighted by Gasteiger charge is 2.30. The molecule has 1 aliphatic rings. The Kier molecular flexibility index (Phi) is 6.20.